The van der Waals surface area contributed by atoms with Gasteiger partial charge in [-0.25, -0.2) is 9.13 Å². The number of amides is 1. The molecule has 1 aromatic carbocycles. The van der Waals surface area contributed by atoms with E-state index in [0.29, 0.717) is 37.5 Å². The number of likely N-dealkylation sites (tertiary alicyclic amines) is 1. The maximum Gasteiger partial charge on any atom is 0.222 e. The quantitative estimate of drug-likeness (QED) is 0.292. The third-order valence-electron chi connectivity index (χ3n) is 4.86. The maximum absolute atomic E-state index is 11.8. The van der Waals surface area contributed by atoms with Gasteiger partial charge in [-0.15, -0.1) is 6.42 Å². The molecule has 0 radical (unpaired) electrons. The smallest absolute Gasteiger partial charge is 0.222 e. The average Bonchev–Trinajstić information content (AvgIpc) is 3.39. The third kappa shape index (κ3) is 3.49. The van der Waals surface area contributed by atoms with E-state index in [2.05, 4.69) is 38.2 Å². The molecular weight excluding hydrogens is 488 g/mol. The second kappa shape index (κ2) is 8.10. The first-order valence-corrected chi connectivity index (χ1v) is 13.0. The lowest BCUT2D eigenvalue weighted by molar-refractivity contribution is -0.128. The Balaban J connectivity index is 1.61. The van der Waals surface area contributed by atoms with Crippen molar-refractivity contribution in [2.45, 2.75) is 12.8 Å². The summed E-state index contributed by atoms with van der Waals surface area (Å²) in [5.41, 5.74) is 3.52. The van der Waals surface area contributed by atoms with Crippen molar-refractivity contribution in [3.05, 3.63) is 30.1 Å². The standard InChI is InChI=1S/C19H19IN5O2P/c1-3-16-14-11-13(6-7-17(14)25(22-16)28-20)15-12-21-23(2)19(15)27-10-9-24-8-4-5-18(24)26/h1,6-7,11-12,28H,4-5,8-10H2,2H3. The lowest BCUT2D eigenvalue weighted by atomic mass is 10.1. The van der Waals surface area contributed by atoms with Crippen LogP contribution in [-0.2, 0) is 11.8 Å². The zero-order chi connectivity index (χ0) is 19.7. The summed E-state index contributed by atoms with van der Waals surface area (Å²) in [4.78, 5) is 13.6. The molecule has 2 aromatic heterocycles. The van der Waals surface area contributed by atoms with Crippen LogP contribution in [0.15, 0.2) is 24.4 Å². The van der Waals surface area contributed by atoms with Crippen LogP contribution >= 0.6 is 28.4 Å². The summed E-state index contributed by atoms with van der Waals surface area (Å²) in [5.74, 6) is 3.55. The van der Waals surface area contributed by atoms with Crippen LogP contribution in [0.5, 0.6) is 5.88 Å². The molecule has 144 valence electrons. The third-order valence-corrected chi connectivity index (χ3v) is 6.74. The number of terminal acetylenes is 1. The van der Waals surface area contributed by atoms with Crippen LogP contribution in [0, 0.1) is 12.3 Å². The lowest BCUT2D eigenvalue weighted by Gasteiger charge is -2.16. The average molecular weight is 507 g/mol. The Morgan fingerprint density at radius 2 is 2.29 bits per heavy atom. The van der Waals surface area contributed by atoms with E-state index in [1.807, 2.05) is 34.6 Å². The maximum atomic E-state index is 11.8. The van der Waals surface area contributed by atoms with Crippen molar-refractivity contribution in [3.8, 4) is 29.4 Å². The normalized spacial score (nSPS) is 14.5. The molecule has 1 amide bonds. The van der Waals surface area contributed by atoms with Crippen LogP contribution < -0.4 is 4.74 Å². The van der Waals surface area contributed by atoms with Gasteiger partial charge in [-0.2, -0.15) is 10.2 Å². The highest BCUT2D eigenvalue weighted by atomic mass is 127. The Labute approximate surface area is 177 Å². The van der Waals surface area contributed by atoms with Gasteiger partial charge in [0.15, 0.2) is 0 Å². The van der Waals surface area contributed by atoms with Gasteiger partial charge in [-0.3, -0.25) is 4.79 Å². The van der Waals surface area contributed by atoms with Gasteiger partial charge in [-0.1, -0.05) is 6.07 Å². The van der Waals surface area contributed by atoms with Crippen LogP contribution in [-0.4, -0.2) is 49.8 Å². The summed E-state index contributed by atoms with van der Waals surface area (Å²) in [6, 6.07) is 6.11. The number of rotatable bonds is 6. The van der Waals surface area contributed by atoms with Gasteiger partial charge >= 0.3 is 0 Å². The fraction of sp³-hybridized carbons (Fsp3) is 0.316. The Kier molecular flexibility index (Phi) is 5.56. The predicted octanol–water partition coefficient (Wildman–Crippen LogP) is 3.21. The van der Waals surface area contributed by atoms with Crippen molar-refractivity contribution in [3.63, 3.8) is 0 Å². The Hall–Kier alpha value is -2.11. The van der Waals surface area contributed by atoms with Gasteiger partial charge in [0.1, 0.15) is 12.3 Å². The van der Waals surface area contributed by atoms with E-state index in [1.54, 1.807) is 10.9 Å². The number of carbonyl (C=O) groups excluding carboxylic acids is 1. The van der Waals surface area contributed by atoms with Gasteiger partial charge in [0.05, 0.1) is 30.2 Å². The number of hydrogen-bond donors (Lipinski definition) is 0. The molecule has 3 heterocycles. The molecular formula is C19H19IN5O2P. The van der Waals surface area contributed by atoms with E-state index >= 15 is 0 Å². The van der Waals surface area contributed by atoms with Crippen LogP contribution in [0.3, 0.4) is 0 Å². The van der Waals surface area contributed by atoms with Gasteiger partial charge in [0.25, 0.3) is 0 Å². The number of benzene rings is 1. The van der Waals surface area contributed by atoms with E-state index in [0.717, 1.165) is 35.0 Å². The van der Waals surface area contributed by atoms with Gasteiger partial charge in [0, 0.05) is 25.4 Å². The summed E-state index contributed by atoms with van der Waals surface area (Å²) < 4.78 is 9.64. The molecule has 0 aliphatic carbocycles. The number of fused-ring (bicyclic) bond motifs is 1. The van der Waals surface area contributed by atoms with Crippen LogP contribution in [0.4, 0.5) is 0 Å². The fourth-order valence-corrected chi connectivity index (χ4v) is 4.97. The Morgan fingerprint density at radius 3 is 3.00 bits per heavy atom. The molecule has 1 aliphatic rings. The molecule has 9 heteroatoms. The highest BCUT2D eigenvalue weighted by Gasteiger charge is 2.20. The van der Waals surface area contributed by atoms with E-state index in [9.17, 15) is 4.79 Å². The molecule has 1 fully saturated rings. The number of carbonyl (C=O) groups is 1. The lowest BCUT2D eigenvalue weighted by Crippen LogP contribution is -2.29. The van der Waals surface area contributed by atoms with Crippen molar-refractivity contribution in [1.82, 2.24) is 24.2 Å². The molecule has 0 bridgehead atoms. The van der Waals surface area contributed by atoms with Gasteiger partial charge in [-0.05, 0) is 52.1 Å². The van der Waals surface area contributed by atoms with Crippen molar-refractivity contribution >= 4 is 45.2 Å². The van der Waals surface area contributed by atoms with Crippen LogP contribution in [0.1, 0.15) is 18.5 Å². The number of aromatic nitrogens is 4. The predicted molar refractivity (Wildman–Crippen MR) is 119 cm³/mol. The molecule has 0 N–H and O–H groups in total. The first-order chi connectivity index (χ1) is 13.6. The number of ether oxygens (including phenoxy) is 1. The zero-order valence-corrected chi connectivity index (χ0v) is 18.5. The molecule has 0 saturated carbocycles. The Morgan fingerprint density at radius 1 is 1.43 bits per heavy atom. The number of nitrogens with zero attached hydrogens (tertiary/aromatic N) is 5. The highest BCUT2D eigenvalue weighted by Crippen LogP contribution is 2.35. The minimum Gasteiger partial charge on any atom is -0.476 e. The summed E-state index contributed by atoms with van der Waals surface area (Å²) in [6.07, 6.45) is 9.48. The topological polar surface area (TPSA) is 65.2 Å². The highest BCUT2D eigenvalue weighted by molar-refractivity contribution is 14.2. The fourth-order valence-electron chi connectivity index (χ4n) is 3.45. The van der Waals surface area contributed by atoms with Crippen LogP contribution in [0.25, 0.3) is 22.0 Å². The first kappa shape index (κ1) is 19.2. The number of hydrogen-bond acceptors (Lipinski definition) is 4. The zero-order valence-electron chi connectivity index (χ0n) is 15.4. The summed E-state index contributed by atoms with van der Waals surface area (Å²) >= 11 is 2.29. The molecule has 3 aromatic rings. The molecule has 1 unspecified atom stereocenters. The van der Waals surface area contributed by atoms with Crippen molar-refractivity contribution in [2.24, 2.45) is 7.05 Å². The SMILES string of the molecule is C#Cc1nn(PI)c2ccc(-c3cnn(C)c3OCCN3CCCC3=O)cc12. The molecule has 4 rings (SSSR count). The number of halogens is 1. The second-order valence-corrected chi connectivity index (χ2v) is 8.58. The molecule has 1 saturated heterocycles. The second-order valence-electron chi connectivity index (χ2n) is 6.54. The van der Waals surface area contributed by atoms with Gasteiger partial charge < -0.3 is 9.64 Å². The van der Waals surface area contributed by atoms with E-state index < -0.39 is 0 Å². The van der Waals surface area contributed by atoms with Gasteiger partial charge in [0.2, 0.25) is 11.8 Å². The summed E-state index contributed by atoms with van der Waals surface area (Å²) in [5, 5.41) is 9.78. The minimum absolute atomic E-state index is 0.203. The van der Waals surface area contributed by atoms with E-state index in [1.165, 1.54) is 0 Å². The van der Waals surface area contributed by atoms with Crippen molar-refractivity contribution < 1.29 is 9.53 Å². The first-order valence-electron chi connectivity index (χ1n) is 8.91. The minimum atomic E-state index is 0.203. The summed E-state index contributed by atoms with van der Waals surface area (Å²) in [6.45, 7) is 1.84. The molecule has 1 aliphatic heterocycles. The molecule has 28 heavy (non-hydrogen) atoms. The van der Waals surface area contributed by atoms with Crippen molar-refractivity contribution in [2.75, 3.05) is 19.7 Å². The van der Waals surface area contributed by atoms with E-state index in [-0.39, 0.29) is 5.91 Å². The van der Waals surface area contributed by atoms with E-state index in [4.69, 9.17) is 11.2 Å². The largest absolute Gasteiger partial charge is 0.476 e. The van der Waals surface area contributed by atoms with Crippen LogP contribution in [0.2, 0.25) is 0 Å². The molecule has 7 nitrogen and oxygen atoms in total. The number of aryl methyl sites for hydroxylation is 1. The monoisotopic (exact) mass is 507 g/mol. The molecule has 0 spiro atoms. The Bertz CT molecular complexity index is 1080. The summed E-state index contributed by atoms with van der Waals surface area (Å²) in [7, 11) is 1.85. The molecule has 1 atom stereocenters. The van der Waals surface area contributed by atoms with Crippen molar-refractivity contribution in [1.29, 1.82) is 0 Å².